The molecule has 13 heteroatoms. The molecule has 0 amide bonds. The molecule has 4 aromatic carbocycles. The average Bonchev–Trinajstić information content (AvgIpc) is 3.33. The number of aromatic nitrogens is 3. The third-order valence-corrected chi connectivity index (χ3v) is 12.4. The van der Waals surface area contributed by atoms with Crippen molar-refractivity contribution in [3.05, 3.63) is 119 Å². The zero-order valence-electron chi connectivity index (χ0n) is 39.5. The number of ether oxygens (including phenoxy) is 6. The zero-order valence-corrected chi connectivity index (χ0v) is 39.5. The van der Waals surface area contributed by atoms with Gasteiger partial charge in [-0.15, -0.1) is 0 Å². The van der Waals surface area contributed by atoms with Crippen molar-refractivity contribution in [2.24, 2.45) is 0 Å². The summed E-state index contributed by atoms with van der Waals surface area (Å²) in [5.41, 5.74) is 5.17. The fourth-order valence-corrected chi connectivity index (χ4v) is 8.41. The van der Waals surface area contributed by atoms with E-state index in [0.717, 1.165) is 56.4 Å². The Morgan fingerprint density at radius 2 is 1.23 bits per heavy atom. The molecule has 4 aliphatic rings. The molecule has 350 valence electrons. The van der Waals surface area contributed by atoms with Crippen LogP contribution >= 0.6 is 0 Å². The van der Waals surface area contributed by atoms with Crippen molar-refractivity contribution < 1.29 is 33.5 Å². The molecule has 0 saturated heterocycles. The second-order valence-corrected chi connectivity index (χ2v) is 17.1. The van der Waals surface area contributed by atoms with Gasteiger partial charge in [-0.2, -0.15) is 15.0 Å². The van der Waals surface area contributed by atoms with E-state index in [0.29, 0.717) is 53.0 Å². The van der Waals surface area contributed by atoms with E-state index in [-0.39, 0.29) is 40.4 Å². The van der Waals surface area contributed by atoms with Crippen LogP contribution in [0.5, 0.6) is 23.0 Å². The molecule has 0 spiro atoms. The maximum atomic E-state index is 9.69. The van der Waals surface area contributed by atoms with Crippen molar-refractivity contribution >= 4 is 17.8 Å². The zero-order chi connectivity index (χ0) is 46.0. The number of benzene rings is 4. The monoisotopic (exact) mass is 891 g/mol. The van der Waals surface area contributed by atoms with Crippen LogP contribution in [-0.2, 0) is 14.2 Å². The first-order valence-corrected chi connectivity index (χ1v) is 23.2. The highest BCUT2D eigenvalue weighted by Gasteiger charge is 2.23. The summed E-state index contributed by atoms with van der Waals surface area (Å²) in [6, 6.07) is 32.8. The predicted octanol–water partition coefficient (Wildman–Crippen LogP) is 11.2. The van der Waals surface area contributed by atoms with Crippen LogP contribution in [-0.4, -0.2) is 81.8 Å². The minimum Gasteiger partial charge on any atom is -0.508 e. The van der Waals surface area contributed by atoms with Gasteiger partial charge >= 0.3 is 0 Å². The van der Waals surface area contributed by atoms with Crippen LogP contribution < -0.4 is 28.9 Å². The largest absolute Gasteiger partial charge is 0.508 e. The van der Waals surface area contributed by atoms with E-state index < -0.39 is 0 Å². The summed E-state index contributed by atoms with van der Waals surface area (Å²) < 4.78 is 36.0. The van der Waals surface area contributed by atoms with Crippen molar-refractivity contribution in [2.75, 3.05) is 76.4 Å². The van der Waals surface area contributed by atoms with Crippen molar-refractivity contribution in [1.29, 1.82) is 0 Å². The molecule has 5 heterocycles. The number of aromatic hydroxyl groups is 1. The maximum Gasteiger partial charge on any atom is 0.237 e. The lowest BCUT2D eigenvalue weighted by molar-refractivity contribution is 0.138. The number of anilines is 3. The van der Waals surface area contributed by atoms with Crippen molar-refractivity contribution in [2.45, 2.75) is 103 Å². The van der Waals surface area contributed by atoms with E-state index >= 15 is 0 Å². The highest BCUT2D eigenvalue weighted by atomic mass is 16.5. The first kappa shape index (κ1) is 48.8. The van der Waals surface area contributed by atoms with Gasteiger partial charge in [0, 0.05) is 21.3 Å². The van der Waals surface area contributed by atoms with E-state index in [1.807, 2.05) is 53.4 Å². The van der Waals surface area contributed by atoms with Crippen LogP contribution in [0.15, 0.2) is 97.1 Å². The summed E-state index contributed by atoms with van der Waals surface area (Å²) >= 11 is 0. The van der Waals surface area contributed by atoms with Gasteiger partial charge in [-0.05, 0) is 133 Å². The van der Waals surface area contributed by atoms with Gasteiger partial charge < -0.3 is 33.5 Å². The summed E-state index contributed by atoms with van der Waals surface area (Å²) in [6.45, 7) is 9.82. The third-order valence-electron chi connectivity index (χ3n) is 12.4. The quantitative estimate of drug-likeness (QED) is 0.0746. The standard InChI is InChI=1S/C52H70N6O7/c1-8-40(14-10-12-38(3)42-16-24-46(59)25-17-42)44-20-28-48(29-21-44)63-35-57(34-62-7)51-53-50(56(32-60-5)33-61-6)54-52(55-51)58-36-64-47-26-18-43(19-27-47)39(4)13-11-15-41(9-2)45-22-30-49(31-23-45)65-37-58/h16-31,38-41,59H,8-15,32-37H2,1-7H3. The van der Waals surface area contributed by atoms with Gasteiger partial charge in [0.2, 0.25) is 17.8 Å². The fourth-order valence-electron chi connectivity index (χ4n) is 8.41. The number of phenolic OH excluding ortho intramolecular Hbond substituents is 1. The molecule has 9 rings (SSSR count). The molecular formula is C52H70N6O7. The van der Waals surface area contributed by atoms with Crippen molar-refractivity contribution in [1.82, 2.24) is 15.0 Å². The van der Waals surface area contributed by atoms with Crippen molar-refractivity contribution in [3.63, 3.8) is 0 Å². The second-order valence-electron chi connectivity index (χ2n) is 17.1. The normalized spacial score (nSPS) is 16.5. The van der Waals surface area contributed by atoms with Crippen LogP contribution in [0.25, 0.3) is 0 Å². The molecular weight excluding hydrogens is 821 g/mol. The topological polar surface area (TPSA) is 124 Å². The molecule has 0 radical (unpaired) electrons. The van der Waals surface area contributed by atoms with Gasteiger partial charge in [0.05, 0.1) is 0 Å². The third kappa shape index (κ3) is 14.2. The van der Waals surface area contributed by atoms with E-state index in [1.165, 1.54) is 28.7 Å². The number of phenols is 1. The molecule has 65 heavy (non-hydrogen) atoms. The smallest absolute Gasteiger partial charge is 0.237 e. The summed E-state index contributed by atoms with van der Waals surface area (Å²) in [7, 11) is 4.85. The molecule has 5 aromatic rings. The summed E-state index contributed by atoms with van der Waals surface area (Å²) in [5.74, 6) is 5.25. The molecule has 1 N–H and O–H groups in total. The molecule has 4 unspecified atom stereocenters. The Bertz CT molecular complexity index is 2120. The molecule has 1 aromatic heterocycles. The molecule has 0 aliphatic carbocycles. The fraction of sp³-hybridized carbons (Fsp3) is 0.481. The van der Waals surface area contributed by atoms with Crippen LogP contribution in [0.3, 0.4) is 0 Å². The van der Waals surface area contributed by atoms with E-state index in [1.54, 1.807) is 43.3 Å². The van der Waals surface area contributed by atoms with Gasteiger partial charge in [-0.1, -0.05) is 89.1 Å². The summed E-state index contributed by atoms with van der Waals surface area (Å²) in [5, 5.41) is 9.69. The van der Waals surface area contributed by atoms with Gasteiger partial charge in [0.25, 0.3) is 0 Å². The Morgan fingerprint density at radius 1 is 0.677 bits per heavy atom. The Kier molecular flexibility index (Phi) is 18.9. The molecule has 4 aliphatic heterocycles. The van der Waals surface area contributed by atoms with Crippen molar-refractivity contribution in [3.8, 4) is 23.0 Å². The lowest BCUT2D eigenvalue weighted by Gasteiger charge is -2.28. The first-order valence-electron chi connectivity index (χ1n) is 23.2. The summed E-state index contributed by atoms with van der Waals surface area (Å²) in [6.07, 6.45) is 8.87. The average molecular weight is 891 g/mol. The maximum absolute atomic E-state index is 9.69. The molecule has 0 saturated carbocycles. The highest BCUT2D eigenvalue weighted by Crippen LogP contribution is 2.33. The Labute approximate surface area is 386 Å². The van der Waals surface area contributed by atoms with Crippen LogP contribution in [0.2, 0.25) is 0 Å². The summed E-state index contributed by atoms with van der Waals surface area (Å²) in [4.78, 5) is 20.2. The molecule has 4 atom stereocenters. The lowest BCUT2D eigenvalue weighted by atomic mass is 9.88. The van der Waals surface area contributed by atoms with Gasteiger partial charge in [-0.25, -0.2) is 0 Å². The van der Waals surface area contributed by atoms with Crippen LogP contribution in [0, 0.1) is 0 Å². The van der Waals surface area contributed by atoms with E-state index in [4.69, 9.17) is 43.4 Å². The molecule has 13 nitrogen and oxygen atoms in total. The number of methoxy groups -OCH3 is 3. The second kappa shape index (κ2) is 25.2. The van der Waals surface area contributed by atoms with Gasteiger partial charge in [-0.3, -0.25) is 14.7 Å². The number of rotatable bonds is 20. The van der Waals surface area contributed by atoms with E-state index in [2.05, 4.69) is 64.1 Å². The van der Waals surface area contributed by atoms with E-state index in [9.17, 15) is 5.11 Å². The predicted molar refractivity (Wildman–Crippen MR) is 257 cm³/mol. The van der Waals surface area contributed by atoms with Crippen LogP contribution in [0.4, 0.5) is 17.8 Å². The SMILES string of the molecule is CCC(CCCC(C)c1ccc(O)cc1)c1ccc(OCN(COC)c2nc(N(COC)COC)nc(N3COc4ccc(cc4)C(C)CCCC(CC)c4ccc(cc4)OC3)n2)cc1. The lowest BCUT2D eigenvalue weighted by Crippen LogP contribution is -2.37. The minimum absolute atomic E-state index is 0.0890. The first-order chi connectivity index (χ1) is 31.7. The number of hydrogen-bond donors (Lipinski definition) is 1. The Balaban J connectivity index is 1.23. The van der Waals surface area contributed by atoms with Crippen LogP contribution in [0.1, 0.15) is 125 Å². The molecule has 0 fully saturated rings. The number of hydrogen-bond acceptors (Lipinski definition) is 13. The van der Waals surface area contributed by atoms with Gasteiger partial charge in [0.15, 0.2) is 20.2 Å². The molecule has 4 bridgehead atoms. The Hall–Kier alpha value is -5.63. The minimum atomic E-state index is 0.0890. The number of nitrogens with zero attached hydrogens (tertiary/aromatic N) is 6. The van der Waals surface area contributed by atoms with Gasteiger partial charge in [0.1, 0.15) is 43.2 Å². The Morgan fingerprint density at radius 3 is 1.78 bits per heavy atom. The highest BCUT2D eigenvalue weighted by molar-refractivity contribution is 5.46.